The molecule has 0 saturated carbocycles. The monoisotopic (exact) mass is 300 g/mol. The van der Waals surface area contributed by atoms with Crippen LogP contribution in [0.15, 0.2) is 18.2 Å². The number of fused-ring (bicyclic) bond motifs is 1. The predicted molar refractivity (Wildman–Crippen MR) is 76.5 cm³/mol. The molecule has 0 bridgehead atoms. The molecule has 6 nitrogen and oxygen atoms in total. The second-order valence-corrected chi connectivity index (χ2v) is 6.94. The summed E-state index contributed by atoms with van der Waals surface area (Å²) in [6.07, 6.45) is 0. The van der Waals surface area contributed by atoms with Gasteiger partial charge in [0.15, 0.2) is 11.5 Å². The van der Waals surface area contributed by atoms with E-state index in [-0.39, 0.29) is 18.6 Å². The first kappa shape index (κ1) is 15.1. The molecule has 1 aliphatic heterocycles. The molecule has 20 heavy (non-hydrogen) atoms. The Morgan fingerprint density at radius 2 is 2.00 bits per heavy atom. The number of hydrogen-bond acceptors (Lipinski definition) is 5. The van der Waals surface area contributed by atoms with Crippen LogP contribution in [0.3, 0.4) is 0 Å². The number of sulfonamides is 1. The van der Waals surface area contributed by atoms with E-state index in [0.29, 0.717) is 12.3 Å². The average Bonchev–Trinajstić information content (AvgIpc) is 2.86. The molecule has 0 aliphatic carbocycles. The fraction of sp³-hybridized carbons (Fsp3) is 0.538. The van der Waals surface area contributed by atoms with Crippen molar-refractivity contribution in [3.05, 3.63) is 23.8 Å². The Morgan fingerprint density at radius 1 is 1.30 bits per heavy atom. The molecule has 1 N–H and O–H groups in total. The molecule has 0 spiro atoms. The lowest BCUT2D eigenvalue weighted by Crippen LogP contribution is -2.35. The van der Waals surface area contributed by atoms with Gasteiger partial charge in [-0.3, -0.25) is 0 Å². The zero-order valence-corrected chi connectivity index (χ0v) is 12.7. The molecule has 1 atom stereocenters. The Morgan fingerprint density at radius 3 is 2.65 bits per heavy atom. The highest BCUT2D eigenvalue weighted by Crippen LogP contribution is 2.34. The van der Waals surface area contributed by atoms with E-state index in [1.165, 1.54) is 0 Å². The molecule has 1 aliphatic rings. The van der Waals surface area contributed by atoms with Crippen molar-refractivity contribution < 1.29 is 17.9 Å². The van der Waals surface area contributed by atoms with Gasteiger partial charge in [-0.15, -0.1) is 0 Å². The van der Waals surface area contributed by atoms with Gasteiger partial charge in [-0.25, -0.2) is 13.1 Å². The maximum absolute atomic E-state index is 11.6. The Hall–Kier alpha value is -1.31. The Labute approximate surface area is 119 Å². The summed E-state index contributed by atoms with van der Waals surface area (Å²) >= 11 is 0. The Balaban J connectivity index is 2.16. The van der Waals surface area contributed by atoms with E-state index in [4.69, 9.17) is 9.47 Å². The van der Waals surface area contributed by atoms with Gasteiger partial charge in [0.1, 0.15) is 0 Å². The number of nitrogens with zero attached hydrogens (tertiary/aromatic N) is 1. The van der Waals surface area contributed by atoms with Crippen LogP contribution >= 0.6 is 0 Å². The minimum absolute atomic E-state index is 0.0641. The number of likely N-dealkylation sites (N-methyl/N-ethyl adjacent to an activating group) is 1. The second-order valence-electron chi connectivity index (χ2n) is 4.84. The molecule has 0 amide bonds. The van der Waals surface area contributed by atoms with E-state index in [0.717, 1.165) is 11.3 Å². The standard InChI is InChI=1S/C13H20N2O4S/c1-4-20(16,17)14-8-11(15(2)3)10-5-6-12-13(7-10)19-9-18-12/h5-7,11,14H,4,8-9H2,1-3H3. The summed E-state index contributed by atoms with van der Waals surface area (Å²) < 4.78 is 36.4. The summed E-state index contributed by atoms with van der Waals surface area (Å²) in [7, 11) is 0.624. The molecule has 0 radical (unpaired) electrons. The Bertz CT molecular complexity index is 572. The van der Waals surface area contributed by atoms with Crippen LogP contribution in [0.2, 0.25) is 0 Å². The van der Waals surface area contributed by atoms with Crippen molar-refractivity contribution in [1.29, 1.82) is 0 Å². The van der Waals surface area contributed by atoms with Crippen LogP contribution in [-0.4, -0.2) is 46.5 Å². The first-order valence-electron chi connectivity index (χ1n) is 6.46. The minimum atomic E-state index is -3.20. The van der Waals surface area contributed by atoms with Crippen molar-refractivity contribution in [3.8, 4) is 11.5 Å². The highest BCUT2D eigenvalue weighted by Gasteiger charge is 2.21. The van der Waals surface area contributed by atoms with Crippen LogP contribution in [0.1, 0.15) is 18.5 Å². The molecule has 7 heteroatoms. The van der Waals surface area contributed by atoms with Gasteiger partial charge in [0.25, 0.3) is 0 Å². The van der Waals surface area contributed by atoms with Gasteiger partial charge < -0.3 is 14.4 Å². The SMILES string of the molecule is CCS(=O)(=O)NCC(c1ccc2c(c1)OCO2)N(C)C. The lowest BCUT2D eigenvalue weighted by molar-refractivity contribution is 0.174. The Kier molecular flexibility index (Phi) is 4.52. The maximum Gasteiger partial charge on any atom is 0.231 e. The van der Waals surface area contributed by atoms with Gasteiger partial charge >= 0.3 is 0 Å². The van der Waals surface area contributed by atoms with Gasteiger partial charge in [-0.1, -0.05) is 6.07 Å². The van der Waals surface area contributed by atoms with Crippen molar-refractivity contribution in [2.75, 3.05) is 33.2 Å². The van der Waals surface area contributed by atoms with Gasteiger partial charge in [0.05, 0.1) is 5.75 Å². The highest BCUT2D eigenvalue weighted by molar-refractivity contribution is 7.89. The lowest BCUT2D eigenvalue weighted by Gasteiger charge is -2.25. The van der Waals surface area contributed by atoms with E-state index < -0.39 is 10.0 Å². The molecular weight excluding hydrogens is 280 g/mol. The van der Waals surface area contributed by atoms with E-state index in [1.54, 1.807) is 6.92 Å². The fourth-order valence-corrected chi connectivity index (χ4v) is 2.64. The molecule has 2 rings (SSSR count). The summed E-state index contributed by atoms with van der Waals surface area (Å²) in [5, 5.41) is 0. The van der Waals surface area contributed by atoms with Crippen LogP contribution < -0.4 is 14.2 Å². The molecule has 1 heterocycles. The fourth-order valence-electron chi connectivity index (χ4n) is 2.03. The molecule has 0 aromatic heterocycles. The molecule has 0 saturated heterocycles. The molecule has 1 unspecified atom stereocenters. The van der Waals surface area contributed by atoms with Gasteiger partial charge in [-0.05, 0) is 38.7 Å². The summed E-state index contributed by atoms with van der Waals surface area (Å²) in [6.45, 7) is 2.17. The van der Waals surface area contributed by atoms with Gasteiger partial charge in [0, 0.05) is 12.6 Å². The molecule has 1 aromatic carbocycles. The quantitative estimate of drug-likeness (QED) is 0.847. The average molecular weight is 300 g/mol. The van der Waals surface area contributed by atoms with Crippen molar-refractivity contribution in [3.63, 3.8) is 0 Å². The van der Waals surface area contributed by atoms with Crippen molar-refractivity contribution in [1.82, 2.24) is 9.62 Å². The lowest BCUT2D eigenvalue weighted by atomic mass is 10.1. The second kappa shape index (κ2) is 5.99. The van der Waals surface area contributed by atoms with Crippen LogP contribution in [-0.2, 0) is 10.0 Å². The van der Waals surface area contributed by atoms with E-state index in [1.807, 2.05) is 37.2 Å². The van der Waals surface area contributed by atoms with E-state index in [2.05, 4.69) is 4.72 Å². The third-order valence-corrected chi connectivity index (χ3v) is 4.65. The minimum Gasteiger partial charge on any atom is -0.454 e. The third kappa shape index (κ3) is 3.41. The summed E-state index contributed by atoms with van der Waals surface area (Å²) in [4.78, 5) is 1.97. The van der Waals surface area contributed by atoms with Crippen molar-refractivity contribution >= 4 is 10.0 Å². The maximum atomic E-state index is 11.6. The van der Waals surface area contributed by atoms with Crippen LogP contribution in [0.5, 0.6) is 11.5 Å². The van der Waals surface area contributed by atoms with Crippen LogP contribution in [0, 0.1) is 0 Å². The summed E-state index contributed by atoms with van der Waals surface area (Å²) in [6, 6.07) is 5.61. The number of rotatable bonds is 6. The number of nitrogens with one attached hydrogen (secondary N) is 1. The molecular formula is C13H20N2O4S. The van der Waals surface area contributed by atoms with Crippen LogP contribution in [0.4, 0.5) is 0 Å². The predicted octanol–water partition coefficient (Wildman–Crippen LogP) is 0.957. The highest BCUT2D eigenvalue weighted by atomic mass is 32.2. The molecule has 1 aromatic rings. The molecule has 0 fully saturated rings. The summed E-state index contributed by atoms with van der Waals surface area (Å²) in [5.41, 5.74) is 0.984. The largest absolute Gasteiger partial charge is 0.454 e. The first-order valence-corrected chi connectivity index (χ1v) is 8.11. The van der Waals surface area contributed by atoms with Crippen LogP contribution in [0.25, 0.3) is 0 Å². The number of benzene rings is 1. The van der Waals surface area contributed by atoms with Crippen molar-refractivity contribution in [2.24, 2.45) is 0 Å². The smallest absolute Gasteiger partial charge is 0.231 e. The first-order chi connectivity index (χ1) is 9.43. The number of hydrogen-bond donors (Lipinski definition) is 1. The van der Waals surface area contributed by atoms with E-state index in [9.17, 15) is 8.42 Å². The topological polar surface area (TPSA) is 67.9 Å². The van der Waals surface area contributed by atoms with Gasteiger partial charge in [0.2, 0.25) is 16.8 Å². The third-order valence-electron chi connectivity index (χ3n) is 3.28. The van der Waals surface area contributed by atoms with Gasteiger partial charge in [-0.2, -0.15) is 0 Å². The zero-order valence-electron chi connectivity index (χ0n) is 11.9. The summed E-state index contributed by atoms with van der Waals surface area (Å²) in [5.74, 6) is 1.50. The van der Waals surface area contributed by atoms with Crippen molar-refractivity contribution in [2.45, 2.75) is 13.0 Å². The van der Waals surface area contributed by atoms with E-state index >= 15 is 0 Å². The molecule has 112 valence electrons. The number of ether oxygens (including phenoxy) is 2. The zero-order chi connectivity index (χ0) is 14.8. The normalized spacial score (nSPS) is 15.6.